The van der Waals surface area contributed by atoms with Crippen LogP contribution in [0.15, 0.2) is 47.2 Å². The van der Waals surface area contributed by atoms with E-state index in [4.69, 9.17) is 5.73 Å². The van der Waals surface area contributed by atoms with E-state index in [1.54, 1.807) is 63.4 Å². The number of carbonyl (C=O) groups excluding carboxylic acids is 4. The highest BCUT2D eigenvalue weighted by Gasteiger charge is 2.64. The van der Waals surface area contributed by atoms with Crippen molar-refractivity contribution in [3.05, 3.63) is 58.4 Å². The fraction of sp³-hybridized carbons (Fsp3) is 0.355. The third kappa shape index (κ3) is 4.36. The Morgan fingerprint density at radius 3 is 2.33 bits per heavy atom. The van der Waals surface area contributed by atoms with Crippen molar-refractivity contribution in [2.75, 3.05) is 38.4 Å². The highest BCUT2D eigenvalue weighted by atomic mass is 16.3. The molecule has 0 saturated heterocycles. The van der Waals surface area contributed by atoms with E-state index < -0.39 is 58.0 Å². The Kier molecular flexibility index (Phi) is 7.10. The normalized spacial score (nSPS) is 24.9. The molecule has 12 nitrogen and oxygen atoms in total. The number of carbonyl (C=O) groups is 4. The molecule has 0 aromatic heterocycles. The number of benzene rings is 2. The molecule has 0 spiro atoms. The van der Waals surface area contributed by atoms with E-state index in [2.05, 4.69) is 5.32 Å². The summed E-state index contributed by atoms with van der Waals surface area (Å²) in [7, 11) is 6.69. The highest BCUT2D eigenvalue weighted by molar-refractivity contribution is 6.24. The van der Waals surface area contributed by atoms with E-state index in [9.17, 15) is 39.6 Å². The van der Waals surface area contributed by atoms with Crippen molar-refractivity contribution in [1.82, 2.24) is 4.90 Å². The largest absolute Gasteiger partial charge is 0.508 e. The Balaban J connectivity index is 1.75. The molecule has 5 rings (SSSR count). The smallest absolute Gasteiger partial charge is 0.255 e. The average molecular weight is 591 g/mol. The van der Waals surface area contributed by atoms with Crippen LogP contribution < -0.4 is 16.0 Å². The lowest BCUT2D eigenvalue weighted by atomic mass is 9.57. The zero-order valence-corrected chi connectivity index (χ0v) is 24.4. The summed E-state index contributed by atoms with van der Waals surface area (Å²) in [5.41, 5.74) is 4.10. The summed E-state index contributed by atoms with van der Waals surface area (Å²) in [6.45, 7) is 1.37. The third-order valence-corrected chi connectivity index (χ3v) is 8.67. The van der Waals surface area contributed by atoms with Crippen molar-refractivity contribution in [1.29, 1.82) is 0 Å². The van der Waals surface area contributed by atoms with Gasteiger partial charge in [0.25, 0.3) is 5.91 Å². The van der Waals surface area contributed by atoms with E-state index in [1.165, 1.54) is 11.8 Å². The Bertz CT molecular complexity index is 1670. The van der Waals surface area contributed by atoms with Gasteiger partial charge in [-0.25, -0.2) is 0 Å². The number of phenolic OH excluding ortho intramolecular Hbond substituents is 1. The zero-order chi connectivity index (χ0) is 31.7. The summed E-state index contributed by atoms with van der Waals surface area (Å²) in [5.74, 6) is -7.31. The summed E-state index contributed by atoms with van der Waals surface area (Å²) in [5, 5.41) is 48.9. The number of primary amides is 1. The van der Waals surface area contributed by atoms with Crippen molar-refractivity contribution in [2.45, 2.75) is 31.4 Å². The van der Waals surface area contributed by atoms with Crippen LogP contribution in [0.4, 0.5) is 11.4 Å². The standard InChI is InChI=1S/C31H34N4O8/c1-13(36)33-16-8-6-7-14(9-16)17-12-20(34(2)3)18-10-15-11-19-24(35(4)5)27(39)23(30(32)42)29(41)31(19,43)28(40)21(15)26(38)22(18)25(17)37/h6-9,12,15,19,24,37-38,41,43H,10-11H2,1-5H3,(H2,32,42)(H,33,36)/t15?,19?,24-,31-/m0/s1. The molecule has 0 radical (unpaired) electrons. The van der Waals surface area contributed by atoms with E-state index in [0.717, 1.165) is 0 Å². The second kappa shape index (κ2) is 10.2. The van der Waals surface area contributed by atoms with E-state index >= 15 is 0 Å². The molecule has 0 heterocycles. The van der Waals surface area contributed by atoms with Gasteiger partial charge in [0.2, 0.25) is 11.7 Å². The number of ketones is 2. The van der Waals surface area contributed by atoms with Crippen LogP contribution in [0.5, 0.6) is 5.75 Å². The molecular weight excluding hydrogens is 556 g/mol. The first-order valence-electron chi connectivity index (χ1n) is 13.7. The molecule has 2 aromatic carbocycles. The van der Waals surface area contributed by atoms with Crippen molar-refractivity contribution in [2.24, 2.45) is 17.6 Å². The van der Waals surface area contributed by atoms with Crippen LogP contribution in [0.1, 0.15) is 24.5 Å². The molecule has 1 fully saturated rings. The van der Waals surface area contributed by atoms with Gasteiger partial charge >= 0.3 is 0 Å². The molecular formula is C31H34N4O8. The summed E-state index contributed by atoms with van der Waals surface area (Å²) in [6.07, 6.45) is 0.168. The number of aliphatic hydroxyl groups excluding tert-OH is 2. The number of Topliss-reactive ketones (excluding diaryl/α,β-unsaturated/α-hetero) is 2. The Morgan fingerprint density at radius 1 is 1.07 bits per heavy atom. The Labute approximate surface area is 247 Å². The number of likely N-dealkylation sites (N-methyl/N-ethyl adjacent to an activating group) is 1. The number of amides is 2. The summed E-state index contributed by atoms with van der Waals surface area (Å²) < 4.78 is 0. The number of phenols is 1. The number of hydrogen-bond donors (Lipinski definition) is 6. The van der Waals surface area contributed by atoms with E-state index in [0.29, 0.717) is 28.1 Å². The van der Waals surface area contributed by atoms with Crippen molar-refractivity contribution < 1.29 is 39.6 Å². The maximum absolute atomic E-state index is 14.1. The predicted molar refractivity (Wildman–Crippen MR) is 158 cm³/mol. The number of aromatic hydroxyl groups is 1. The van der Waals surface area contributed by atoms with Crippen LogP contribution in [-0.2, 0) is 25.6 Å². The minimum Gasteiger partial charge on any atom is -0.508 e. The number of nitrogens with zero attached hydrogens (tertiary/aromatic N) is 2. The fourth-order valence-corrected chi connectivity index (χ4v) is 6.88. The molecule has 1 saturated carbocycles. The SMILES string of the molecule is CC(=O)Nc1cccc(-c2cc(N(C)C)c3c(c2O)C(O)=C2C(=O)[C@]4(O)C(O)=C(C(N)=O)C(=O)[C@@H](N(C)C)C4CC2C3)c1. The quantitative estimate of drug-likeness (QED) is 0.279. The van der Waals surface area contributed by atoms with Gasteiger partial charge in [0, 0.05) is 49.4 Å². The van der Waals surface area contributed by atoms with Crippen LogP contribution in [0.2, 0.25) is 0 Å². The van der Waals surface area contributed by atoms with Gasteiger partial charge in [-0.3, -0.25) is 24.1 Å². The van der Waals surface area contributed by atoms with Gasteiger partial charge in [-0.15, -0.1) is 0 Å². The number of nitrogens with two attached hydrogens (primary N) is 1. The molecule has 12 heteroatoms. The number of fused-ring (bicyclic) bond motifs is 3. The molecule has 2 unspecified atom stereocenters. The Hall–Kier alpha value is -4.68. The maximum atomic E-state index is 14.1. The van der Waals surface area contributed by atoms with Crippen molar-refractivity contribution in [3.63, 3.8) is 0 Å². The lowest BCUT2D eigenvalue weighted by Crippen LogP contribution is -2.65. The number of rotatable bonds is 5. The van der Waals surface area contributed by atoms with Gasteiger partial charge in [-0.05, 0) is 62.2 Å². The van der Waals surface area contributed by atoms with Gasteiger partial charge in [0.05, 0.1) is 11.6 Å². The molecule has 7 N–H and O–H groups in total. The molecule has 43 heavy (non-hydrogen) atoms. The second-order valence-corrected chi connectivity index (χ2v) is 11.8. The lowest BCUT2D eigenvalue weighted by molar-refractivity contribution is -0.153. The summed E-state index contributed by atoms with van der Waals surface area (Å²) >= 11 is 0. The highest BCUT2D eigenvalue weighted by Crippen LogP contribution is 2.55. The Morgan fingerprint density at radius 2 is 1.74 bits per heavy atom. The fourth-order valence-electron chi connectivity index (χ4n) is 6.88. The molecule has 226 valence electrons. The topological polar surface area (TPSA) is 194 Å². The minimum absolute atomic E-state index is 0.0000944. The summed E-state index contributed by atoms with van der Waals surface area (Å²) in [6, 6.07) is 7.35. The zero-order valence-electron chi connectivity index (χ0n) is 24.4. The number of anilines is 2. The van der Waals surface area contributed by atoms with Crippen LogP contribution in [0, 0.1) is 11.8 Å². The van der Waals surface area contributed by atoms with E-state index in [-0.39, 0.29) is 35.6 Å². The molecule has 2 aromatic rings. The predicted octanol–water partition coefficient (Wildman–Crippen LogP) is 1.66. The summed E-state index contributed by atoms with van der Waals surface area (Å²) in [4.78, 5) is 54.5. The molecule has 0 aliphatic heterocycles. The molecule has 3 aliphatic carbocycles. The van der Waals surface area contributed by atoms with Crippen LogP contribution in [-0.4, -0.2) is 88.5 Å². The lowest BCUT2D eigenvalue weighted by Gasteiger charge is -2.50. The van der Waals surface area contributed by atoms with Crippen molar-refractivity contribution in [3.8, 4) is 16.9 Å². The van der Waals surface area contributed by atoms with Crippen molar-refractivity contribution >= 4 is 40.5 Å². The minimum atomic E-state index is -2.71. The molecule has 4 atom stereocenters. The number of nitrogens with one attached hydrogen (secondary N) is 1. The van der Waals surface area contributed by atoms with E-state index in [1.807, 2.05) is 0 Å². The van der Waals surface area contributed by atoms with Gasteiger partial charge < -0.3 is 36.4 Å². The van der Waals surface area contributed by atoms with Gasteiger partial charge in [-0.2, -0.15) is 0 Å². The molecule has 3 aliphatic rings. The number of aliphatic hydroxyl groups is 3. The van der Waals surface area contributed by atoms with Crippen LogP contribution in [0.25, 0.3) is 16.9 Å². The first-order valence-corrected chi connectivity index (χ1v) is 13.7. The van der Waals surface area contributed by atoms with Gasteiger partial charge in [0.15, 0.2) is 11.4 Å². The van der Waals surface area contributed by atoms with Crippen LogP contribution in [0.3, 0.4) is 0 Å². The van der Waals surface area contributed by atoms with Gasteiger partial charge in [-0.1, -0.05) is 12.1 Å². The second-order valence-electron chi connectivity index (χ2n) is 11.8. The monoisotopic (exact) mass is 590 g/mol. The molecule has 0 bridgehead atoms. The molecule has 2 amide bonds. The number of hydrogen-bond acceptors (Lipinski definition) is 10. The average Bonchev–Trinajstić information content (AvgIpc) is 2.90. The maximum Gasteiger partial charge on any atom is 0.255 e. The first kappa shape index (κ1) is 29.8. The first-order chi connectivity index (χ1) is 20.1. The van der Waals surface area contributed by atoms with Gasteiger partial charge in [0.1, 0.15) is 22.8 Å². The van der Waals surface area contributed by atoms with Crippen LogP contribution >= 0.6 is 0 Å². The third-order valence-electron chi connectivity index (χ3n) is 8.67.